The van der Waals surface area contributed by atoms with Gasteiger partial charge in [-0.2, -0.15) is 4.98 Å². The van der Waals surface area contributed by atoms with Crippen LogP contribution in [0.15, 0.2) is 72.1 Å². The number of nitrogens with one attached hydrogen (secondary N) is 2. The van der Waals surface area contributed by atoms with Crippen LogP contribution < -0.4 is 15.4 Å². The number of rotatable bonds is 5. The van der Waals surface area contributed by atoms with Gasteiger partial charge in [0.15, 0.2) is 0 Å². The first-order chi connectivity index (χ1) is 15.2. The molecule has 0 aliphatic carbocycles. The number of thiophene rings is 1. The zero-order chi connectivity index (χ0) is 21.2. The van der Waals surface area contributed by atoms with Crippen molar-refractivity contribution in [2.24, 2.45) is 0 Å². The van der Waals surface area contributed by atoms with Crippen molar-refractivity contribution in [2.45, 2.75) is 18.5 Å². The molecule has 5 rings (SSSR count). The number of fused-ring (bicyclic) bond motifs is 1. The zero-order valence-electron chi connectivity index (χ0n) is 16.9. The molecular formula is C23H21N5O2S. The van der Waals surface area contributed by atoms with Crippen LogP contribution in [0.3, 0.4) is 0 Å². The molecular weight excluding hydrogens is 410 g/mol. The molecule has 1 aliphatic heterocycles. The Kier molecular flexibility index (Phi) is 5.13. The molecule has 2 aromatic carbocycles. The molecule has 31 heavy (non-hydrogen) atoms. The van der Waals surface area contributed by atoms with Crippen LogP contribution in [0.4, 0.5) is 11.9 Å². The maximum Gasteiger partial charge on any atom is 0.268 e. The summed E-state index contributed by atoms with van der Waals surface area (Å²) in [5.41, 5.74) is 2.28. The number of amides is 1. The number of ether oxygens (including phenoxy) is 1. The standard InChI is InChI=1S/C23H21N5O2S/c1-30-17-11-9-15(10-12-17)18-14-19(16-6-3-2-4-7-16)28-23(24-18)26-22(27-28)25-21(29)20-8-5-13-31-20/h2-13,18-19H,14H2,1H3,(H2,24,25,26,27,29)/t18-,19+/m0/s1. The van der Waals surface area contributed by atoms with Crippen molar-refractivity contribution in [2.75, 3.05) is 17.7 Å². The van der Waals surface area contributed by atoms with Crippen LogP contribution in [-0.4, -0.2) is 27.8 Å². The van der Waals surface area contributed by atoms with E-state index in [0.717, 1.165) is 23.3 Å². The molecule has 3 heterocycles. The van der Waals surface area contributed by atoms with Gasteiger partial charge in [0, 0.05) is 0 Å². The summed E-state index contributed by atoms with van der Waals surface area (Å²) in [5, 5.41) is 12.8. The van der Waals surface area contributed by atoms with Gasteiger partial charge in [0.1, 0.15) is 5.75 Å². The van der Waals surface area contributed by atoms with E-state index in [0.29, 0.717) is 10.8 Å². The Labute approximate surface area is 183 Å². The Hall–Kier alpha value is -3.65. The van der Waals surface area contributed by atoms with E-state index in [4.69, 9.17) is 4.74 Å². The second-order valence-corrected chi connectivity index (χ2v) is 8.21. The molecule has 0 bridgehead atoms. The average Bonchev–Trinajstić information content (AvgIpc) is 3.49. The predicted molar refractivity (Wildman–Crippen MR) is 121 cm³/mol. The number of aromatic nitrogens is 3. The number of carbonyl (C=O) groups is 1. The molecule has 0 unspecified atom stereocenters. The van der Waals surface area contributed by atoms with Crippen LogP contribution >= 0.6 is 11.3 Å². The Morgan fingerprint density at radius 3 is 2.61 bits per heavy atom. The Morgan fingerprint density at radius 2 is 1.90 bits per heavy atom. The minimum atomic E-state index is -0.207. The molecule has 2 aromatic heterocycles. The minimum Gasteiger partial charge on any atom is -0.497 e. The van der Waals surface area contributed by atoms with Crippen molar-refractivity contribution >= 4 is 29.1 Å². The summed E-state index contributed by atoms with van der Waals surface area (Å²) in [4.78, 5) is 17.7. The number of benzene rings is 2. The lowest BCUT2D eigenvalue weighted by molar-refractivity contribution is 0.102. The molecule has 8 heteroatoms. The average molecular weight is 432 g/mol. The van der Waals surface area contributed by atoms with Gasteiger partial charge in [0.05, 0.1) is 24.1 Å². The second kappa shape index (κ2) is 8.23. The van der Waals surface area contributed by atoms with E-state index in [2.05, 4.69) is 45.0 Å². The van der Waals surface area contributed by atoms with E-state index in [-0.39, 0.29) is 23.9 Å². The van der Waals surface area contributed by atoms with E-state index in [9.17, 15) is 4.79 Å². The summed E-state index contributed by atoms with van der Waals surface area (Å²) in [6.45, 7) is 0. The van der Waals surface area contributed by atoms with Crippen molar-refractivity contribution in [1.29, 1.82) is 0 Å². The van der Waals surface area contributed by atoms with Crippen molar-refractivity contribution in [3.63, 3.8) is 0 Å². The normalized spacial score (nSPS) is 17.5. The molecule has 0 saturated carbocycles. The zero-order valence-corrected chi connectivity index (χ0v) is 17.7. The summed E-state index contributed by atoms with van der Waals surface area (Å²) >= 11 is 1.38. The third-order valence-electron chi connectivity index (χ3n) is 5.36. The molecule has 4 aromatic rings. The number of hydrogen-bond donors (Lipinski definition) is 2. The van der Waals surface area contributed by atoms with Gasteiger partial charge in [-0.25, -0.2) is 4.68 Å². The smallest absolute Gasteiger partial charge is 0.268 e. The van der Waals surface area contributed by atoms with Gasteiger partial charge in [0.25, 0.3) is 11.9 Å². The number of anilines is 2. The minimum absolute atomic E-state index is 0.00978. The number of hydrogen-bond acceptors (Lipinski definition) is 6. The van der Waals surface area contributed by atoms with Crippen molar-refractivity contribution in [3.8, 4) is 5.75 Å². The lowest BCUT2D eigenvalue weighted by atomic mass is 9.93. The fourth-order valence-electron chi connectivity index (χ4n) is 3.81. The van der Waals surface area contributed by atoms with Gasteiger partial charge in [-0.05, 0) is 41.1 Å². The monoisotopic (exact) mass is 431 g/mol. The maximum atomic E-state index is 12.5. The Morgan fingerprint density at radius 1 is 1.10 bits per heavy atom. The third-order valence-corrected chi connectivity index (χ3v) is 6.23. The van der Waals surface area contributed by atoms with E-state index in [1.165, 1.54) is 11.3 Å². The molecule has 7 nitrogen and oxygen atoms in total. The van der Waals surface area contributed by atoms with Crippen molar-refractivity contribution in [1.82, 2.24) is 14.8 Å². The summed E-state index contributed by atoms with van der Waals surface area (Å²) < 4.78 is 7.15. The summed E-state index contributed by atoms with van der Waals surface area (Å²) in [6.07, 6.45) is 0.797. The highest BCUT2D eigenvalue weighted by Crippen LogP contribution is 2.38. The molecule has 0 fully saturated rings. The fourth-order valence-corrected chi connectivity index (χ4v) is 4.43. The van der Waals surface area contributed by atoms with Crippen LogP contribution in [0, 0.1) is 0 Å². The maximum absolute atomic E-state index is 12.5. The van der Waals surface area contributed by atoms with E-state index in [1.54, 1.807) is 13.2 Å². The summed E-state index contributed by atoms with van der Waals surface area (Å²) in [6, 6.07) is 21.9. The molecule has 156 valence electrons. The second-order valence-electron chi connectivity index (χ2n) is 7.27. The Balaban J connectivity index is 1.48. The molecule has 2 N–H and O–H groups in total. The van der Waals surface area contributed by atoms with E-state index < -0.39 is 0 Å². The van der Waals surface area contributed by atoms with Gasteiger partial charge in [-0.15, -0.1) is 16.4 Å². The highest BCUT2D eigenvalue weighted by molar-refractivity contribution is 7.12. The van der Waals surface area contributed by atoms with Crippen LogP contribution in [0.2, 0.25) is 0 Å². The highest BCUT2D eigenvalue weighted by Gasteiger charge is 2.31. The number of nitrogens with zero attached hydrogens (tertiary/aromatic N) is 3. The fraction of sp³-hybridized carbons (Fsp3) is 0.174. The molecule has 0 saturated heterocycles. The van der Waals surface area contributed by atoms with Crippen LogP contribution in [0.5, 0.6) is 5.75 Å². The third kappa shape index (κ3) is 3.89. The largest absolute Gasteiger partial charge is 0.497 e. The summed E-state index contributed by atoms with van der Waals surface area (Å²) in [5.74, 6) is 1.53. The van der Waals surface area contributed by atoms with Crippen LogP contribution in [-0.2, 0) is 0 Å². The van der Waals surface area contributed by atoms with Gasteiger partial charge < -0.3 is 10.1 Å². The SMILES string of the molecule is COc1ccc([C@@H]2C[C@H](c3ccccc3)n3nc(NC(=O)c4cccs4)nc3N2)cc1. The first kappa shape index (κ1) is 19.3. The van der Waals surface area contributed by atoms with Crippen LogP contribution in [0.25, 0.3) is 0 Å². The first-order valence-corrected chi connectivity index (χ1v) is 10.9. The summed E-state index contributed by atoms with van der Waals surface area (Å²) in [7, 11) is 1.66. The Bertz CT molecular complexity index is 1170. The molecule has 1 aliphatic rings. The lowest BCUT2D eigenvalue weighted by Gasteiger charge is -2.31. The molecule has 1 amide bonds. The number of methoxy groups -OCH3 is 1. The van der Waals surface area contributed by atoms with Gasteiger partial charge in [-0.1, -0.05) is 48.5 Å². The molecule has 0 radical (unpaired) electrons. The van der Waals surface area contributed by atoms with E-state index in [1.807, 2.05) is 46.5 Å². The highest BCUT2D eigenvalue weighted by atomic mass is 32.1. The van der Waals surface area contributed by atoms with Crippen molar-refractivity contribution in [3.05, 3.63) is 88.1 Å². The quantitative estimate of drug-likeness (QED) is 0.477. The number of carbonyl (C=O) groups excluding carboxylic acids is 1. The predicted octanol–water partition coefficient (Wildman–Crippen LogP) is 4.75. The van der Waals surface area contributed by atoms with Crippen molar-refractivity contribution < 1.29 is 9.53 Å². The van der Waals surface area contributed by atoms with E-state index >= 15 is 0 Å². The molecule has 0 spiro atoms. The van der Waals surface area contributed by atoms with Gasteiger partial charge in [0.2, 0.25) is 5.95 Å². The molecule has 2 atom stereocenters. The van der Waals surface area contributed by atoms with Gasteiger partial charge in [-0.3, -0.25) is 10.1 Å². The topological polar surface area (TPSA) is 81.1 Å². The lowest BCUT2D eigenvalue weighted by Crippen LogP contribution is -2.28. The first-order valence-electron chi connectivity index (χ1n) is 9.98. The van der Waals surface area contributed by atoms with Crippen LogP contribution in [0.1, 0.15) is 39.3 Å². The van der Waals surface area contributed by atoms with Gasteiger partial charge >= 0.3 is 0 Å².